The molecule has 0 bridgehead atoms. The van der Waals surface area contributed by atoms with E-state index in [1.807, 2.05) is 65.8 Å². The smallest absolute Gasteiger partial charge is 0.242 e. The van der Waals surface area contributed by atoms with E-state index in [0.29, 0.717) is 12.5 Å². The first-order valence-corrected chi connectivity index (χ1v) is 9.38. The molecule has 0 aromatic heterocycles. The Morgan fingerprint density at radius 1 is 1.26 bits per heavy atom. The summed E-state index contributed by atoms with van der Waals surface area (Å²) in [5.41, 5.74) is 0.458. The van der Waals surface area contributed by atoms with Crippen molar-refractivity contribution in [3.8, 4) is 5.75 Å². The normalized spacial score (nSPS) is 13.3. The first-order valence-electron chi connectivity index (χ1n) is 9.38. The summed E-state index contributed by atoms with van der Waals surface area (Å²) in [6.45, 7) is 12.6. The summed E-state index contributed by atoms with van der Waals surface area (Å²) in [7, 11) is 0. The maximum Gasteiger partial charge on any atom is 0.242 e. The highest BCUT2D eigenvalue weighted by Crippen LogP contribution is 2.19. The summed E-state index contributed by atoms with van der Waals surface area (Å²) < 4.78 is 5.66. The zero-order valence-corrected chi connectivity index (χ0v) is 17.3. The van der Waals surface area contributed by atoms with E-state index in [-0.39, 0.29) is 30.6 Å². The molecule has 0 aliphatic carbocycles. The lowest BCUT2D eigenvalue weighted by Crippen LogP contribution is -2.43. The first kappa shape index (κ1) is 22.8. The third-order valence-corrected chi connectivity index (χ3v) is 3.32. The Kier molecular flexibility index (Phi) is 9.08. The van der Waals surface area contributed by atoms with Crippen molar-refractivity contribution in [3.63, 3.8) is 0 Å². The van der Waals surface area contributed by atoms with Gasteiger partial charge in [-0.1, -0.05) is 12.1 Å². The highest BCUT2D eigenvalue weighted by molar-refractivity contribution is 5.85. The number of nitrogens with zero attached hydrogens (tertiary/aromatic N) is 1. The molecule has 0 radical (unpaired) electrons. The van der Waals surface area contributed by atoms with Gasteiger partial charge in [0.15, 0.2) is 5.96 Å². The average molecular weight is 379 g/mol. The Bertz CT molecular complexity index is 624. The van der Waals surface area contributed by atoms with E-state index >= 15 is 0 Å². The number of amides is 1. The lowest BCUT2D eigenvalue weighted by Gasteiger charge is -2.20. The molecule has 7 nitrogen and oxygen atoms in total. The van der Waals surface area contributed by atoms with Gasteiger partial charge in [0.25, 0.3) is 0 Å². The van der Waals surface area contributed by atoms with Gasteiger partial charge in [0.1, 0.15) is 12.3 Å². The molecule has 7 heteroatoms. The molecule has 0 saturated carbocycles. The molecular weight excluding hydrogens is 344 g/mol. The van der Waals surface area contributed by atoms with Crippen LogP contribution in [-0.4, -0.2) is 48.3 Å². The van der Waals surface area contributed by atoms with Gasteiger partial charge in [-0.3, -0.25) is 4.79 Å². The standard InChI is InChI=1S/C20H34N4O3/c1-7-21-19(23-13-18(26)24-20(4,5)6)22-12-17(25)15-9-8-10-16(11-15)27-14(2)3/h8-11,14,17,25H,7,12-13H2,1-6H3,(H,24,26)(H2,21,22,23). The van der Waals surface area contributed by atoms with Crippen molar-refractivity contribution in [3.05, 3.63) is 29.8 Å². The van der Waals surface area contributed by atoms with Crippen molar-refractivity contribution in [1.29, 1.82) is 0 Å². The molecule has 152 valence electrons. The number of aliphatic hydroxyl groups is 1. The van der Waals surface area contributed by atoms with Gasteiger partial charge in [-0.25, -0.2) is 4.99 Å². The van der Waals surface area contributed by atoms with E-state index in [4.69, 9.17) is 4.74 Å². The number of nitrogens with one attached hydrogen (secondary N) is 3. The SMILES string of the molecule is CCNC(=NCC(=O)NC(C)(C)C)NCC(O)c1cccc(OC(C)C)c1. The van der Waals surface area contributed by atoms with Crippen LogP contribution >= 0.6 is 0 Å². The fourth-order valence-corrected chi connectivity index (χ4v) is 2.33. The van der Waals surface area contributed by atoms with Crippen molar-refractivity contribution < 1.29 is 14.6 Å². The van der Waals surface area contributed by atoms with Crippen LogP contribution in [0.1, 0.15) is 53.2 Å². The minimum atomic E-state index is -0.729. The summed E-state index contributed by atoms with van der Waals surface area (Å²) in [6.07, 6.45) is -0.657. The van der Waals surface area contributed by atoms with Crippen molar-refractivity contribution >= 4 is 11.9 Å². The van der Waals surface area contributed by atoms with E-state index in [0.717, 1.165) is 11.3 Å². The number of aliphatic hydroxyl groups excluding tert-OH is 1. The minimum Gasteiger partial charge on any atom is -0.491 e. The molecule has 0 aliphatic rings. The van der Waals surface area contributed by atoms with Crippen molar-refractivity contribution in [2.24, 2.45) is 4.99 Å². The van der Waals surface area contributed by atoms with Gasteiger partial charge >= 0.3 is 0 Å². The van der Waals surface area contributed by atoms with E-state index in [1.165, 1.54) is 0 Å². The van der Waals surface area contributed by atoms with Crippen molar-refractivity contribution in [2.75, 3.05) is 19.6 Å². The molecule has 0 spiro atoms. The number of hydrogen-bond donors (Lipinski definition) is 4. The fraction of sp³-hybridized carbons (Fsp3) is 0.600. The third-order valence-electron chi connectivity index (χ3n) is 3.32. The van der Waals surface area contributed by atoms with Gasteiger partial charge in [0.2, 0.25) is 5.91 Å². The second-order valence-electron chi connectivity index (χ2n) is 7.63. The van der Waals surface area contributed by atoms with Crippen LogP contribution in [0, 0.1) is 0 Å². The third kappa shape index (κ3) is 9.84. The number of carbonyl (C=O) groups is 1. The number of aliphatic imine (C=N–C) groups is 1. The Morgan fingerprint density at radius 3 is 2.56 bits per heavy atom. The summed E-state index contributed by atoms with van der Waals surface area (Å²) in [6, 6.07) is 7.39. The molecule has 1 rings (SSSR count). The molecule has 0 saturated heterocycles. The van der Waals surface area contributed by atoms with E-state index in [1.54, 1.807) is 0 Å². The fourth-order valence-electron chi connectivity index (χ4n) is 2.33. The van der Waals surface area contributed by atoms with E-state index in [9.17, 15) is 9.90 Å². The van der Waals surface area contributed by atoms with E-state index < -0.39 is 6.10 Å². The minimum absolute atomic E-state index is 0.0143. The largest absolute Gasteiger partial charge is 0.491 e. The van der Waals surface area contributed by atoms with Crippen molar-refractivity contribution in [1.82, 2.24) is 16.0 Å². The van der Waals surface area contributed by atoms with Crippen molar-refractivity contribution in [2.45, 2.75) is 59.3 Å². The van der Waals surface area contributed by atoms with Crippen LogP contribution in [0.15, 0.2) is 29.3 Å². The molecule has 0 heterocycles. The molecular formula is C20H34N4O3. The van der Waals surface area contributed by atoms with Crippen LogP contribution < -0.4 is 20.7 Å². The second-order valence-corrected chi connectivity index (χ2v) is 7.63. The van der Waals surface area contributed by atoms with Crippen LogP contribution in [-0.2, 0) is 4.79 Å². The van der Waals surface area contributed by atoms with Crippen LogP contribution in [0.25, 0.3) is 0 Å². The predicted octanol–water partition coefficient (Wildman–Crippen LogP) is 1.98. The number of benzene rings is 1. The van der Waals surface area contributed by atoms with Gasteiger partial charge < -0.3 is 25.8 Å². The average Bonchev–Trinajstić information content (AvgIpc) is 2.55. The Balaban J connectivity index is 2.65. The quantitative estimate of drug-likeness (QED) is 0.410. The monoisotopic (exact) mass is 378 g/mol. The summed E-state index contributed by atoms with van der Waals surface area (Å²) >= 11 is 0. The van der Waals surface area contributed by atoms with Gasteiger partial charge in [0.05, 0.1) is 12.2 Å². The predicted molar refractivity (Wildman–Crippen MR) is 109 cm³/mol. The second kappa shape index (κ2) is 10.8. The maximum absolute atomic E-state index is 11.9. The summed E-state index contributed by atoms with van der Waals surface area (Å²) in [4.78, 5) is 16.2. The first-order chi connectivity index (χ1) is 12.6. The number of ether oxygens (including phenoxy) is 1. The zero-order chi connectivity index (χ0) is 20.4. The molecule has 1 amide bonds. The molecule has 0 fully saturated rings. The van der Waals surface area contributed by atoms with Gasteiger partial charge in [-0.2, -0.15) is 0 Å². The molecule has 1 aromatic rings. The number of rotatable bonds is 8. The highest BCUT2D eigenvalue weighted by Gasteiger charge is 2.14. The Labute approximate surface area is 162 Å². The Morgan fingerprint density at radius 2 is 1.96 bits per heavy atom. The molecule has 1 atom stereocenters. The van der Waals surface area contributed by atoms with Crippen LogP contribution in [0.5, 0.6) is 5.75 Å². The topological polar surface area (TPSA) is 95.0 Å². The van der Waals surface area contributed by atoms with Crippen LogP contribution in [0.2, 0.25) is 0 Å². The Hall–Kier alpha value is -2.28. The molecule has 1 unspecified atom stereocenters. The summed E-state index contributed by atoms with van der Waals surface area (Å²) in [5, 5.41) is 19.4. The van der Waals surface area contributed by atoms with Gasteiger partial charge in [-0.05, 0) is 59.2 Å². The number of guanidine groups is 1. The summed E-state index contributed by atoms with van der Waals surface area (Å²) in [5.74, 6) is 1.05. The van der Waals surface area contributed by atoms with E-state index in [2.05, 4.69) is 20.9 Å². The zero-order valence-electron chi connectivity index (χ0n) is 17.3. The van der Waals surface area contributed by atoms with Gasteiger partial charge in [-0.15, -0.1) is 0 Å². The molecule has 27 heavy (non-hydrogen) atoms. The van der Waals surface area contributed by atoms with Crippen LogP contribution in [0.4, 0.5) is 0 Å². The van der Waals surface area contributed by atoms with Gasteiger partial charge in [0, 0.05) is 18.6 Å². The molecule has 1 aromatic carbocycles. The maximum atomic E-state index is 11.9. The lowest BCUT2D eigenvalue weighted by molar-refractivity contribution is -0.121. The molecule has 4 N–H and O–H groups in total. The number of hydrogen-bond acceptors (Lipinski definition) is 4. The number of carbonyl (C=O) groups excluding carboxylic acids is 1. The lowest BCUT2D eigenvalue weighted by atomic mass is 10.1. The van der Waals surface area contributed by atoms with Crippen LogP contribution in [0.3, 0.4) is 0 Å². The highest BCUT2D eigenvalue weighted by atomic mass is 16.5. The molecule has 0 aliphatic heterocycles.